The van der Waals surface area contributed by atoms with Crippen LogP contribution >= 0.6 is 11.6 Å². The lowest BCUT2D eigenvalue weighted by atomic mass is 9.88. The fourth-order valence-electron chi connectivity index (χ4n) is 3.36. The number of aromatic nitrogens is 2. The summed E-state index contributed by atoms with van der Waals surface area (Å²) in [7, 11) is 0. The molecule has 0 N–H and O–H groups in total. The summed E-state index contributed by atoms with van der Waals surface area (Å²) in [6.07, 6.45) is 10.2. The van der Waals surface area contributed by atoms with E-state index in [1.54, 1.807) is 12.4 Å². The largest absolute Gasteiger partial charge is 0.340 e. The molecule has 0 fully saturated rings. The van der Waals surface area contributed by atoms with Crippen LogP contribution in [-0.2, 0) is 6.54 Å². The first-order valence-electron chi connectivity index (χ1n) is 8.29. The van der Waals surface area contributed by atoms with Crippen molar-refractivity contribution in [2.24, 2.45) is 0 Å². The van der Waals surface area contributed by atoms with Crippen molar-refractivity contribution in [1.29, 1.82) is 0 Å². The number of rotatable bonds is 3. The highest BCUT2D eigenvalue weighted by Gasteiger charge is 2.25. The monoisotopic (exact) mass is 335 g/mol. The molecule has 120 valence electrons. The van der Waals surface area contributed by atoms with Gasteiger partial charge in [-0.2, -0.15) is 0 Å². The third-order valence-electron chi connectivity index (χ3n) is 4.54. The van der Waals surface area contributed by atoms with Gasteiger partial charge in [0, 0.05) is 35.9 Å². The van der Waals surface area contributed by atoms with E-state index in [1.165, 1.54) is 24.1 Å². The van der Waals surface area contributed by atoms with Gasteiger partial charge in [0.1, 0.15) is 0 Å². The van der Waals surface area contributed by atoms with Crippen LogP contribution in [0.5, 0.6) is 0 Å². The van der Waals surface area contributed by atoms with Gasteiger partial charge in [0.25, 0.3) is 0 Å². The Kier molecular flexibility index (Phi) is 4.20. The second-order valence-electron chi connectivity index (χ2n) is 6.07. The Morgan fingerprint density at radius 1 is 1.04 bits per heavy atom. The molecular formula is C20H18ClN3. The minimum atomic E-state index is 0.764. The first kappa shape index (κ1) is 15.2. The maximum absolute atomic E-state index is 6.34. The molecular weight excluding hydrogens is 318 g/mol. The van der Waals surface area contributed by atoms with Gasteiger partial charge in [-0.05, 0) is 49.0 Å². The molecule has 1 aliphatic heterocycles. The number of hydrogen-bond acceptors (Lipinski definition) is 3. The molecule has 0 bridgehead atoms. The summed E-state index contributed by atoms with van der Waals surface area (Å²) < 4.78 is 0. The number of benzene rings is 1. The predicted molar refractivity (Wildman–Crippen MR) is 96.0 cm³/mol. The van der Waals surface area contributed by atoms with Crippen molar-refractivity contribution in [1.82, 2.24) is 14.9 Å². The molecule has 0 spiro atoms. The van der Waals surface area contributed by atoms with Gasteiger partial charge in [-0.1, -0.05) is 35.5 Å². The average molecular weight is 336 g/mol. The van der Waals surface area contributed by atoms with Crippen LogP contribution in [0.25, 0.3) is 5.57 Å². The van der Waals surface area contributed by atoms with Gasteiger partial charge in [-0.15, -0.1) is 0 Å². The molecule has 4 rings (SSSR count). The standard InChI is InChI=1S/C20H18ClN3/c21-18-8-3-1-6-15(18)14-24-13-10-17(20-22-11-5-12-23-20)16-7-2-4-9-19(16)24/h1,3,5-6,8,11-13H,2,4,7,9,14H2. The Morgan fingerprint density at radius 3 is 2.67 bits per heavy atom. The second-order valence-corrected chi connectivity index (χ2v) is 6.48. The highest BCUT2D eigenvalue weighted by molar-refractivity contribution is 6.31. The third kappa shape index (κ3) is 2.89. The fraction of sp³-hybridized carbons (Fsp3) is 0.250. The molecule has 1 aromatic carbocycles. The molecule has 2 heterocycles. The van der Waals surface area contributed by atoms with Gasteiger partial charge in [0.15, 0.2) is 5.82 Å². The van der Waals surface area contributed by atoms with E-state index in [0.717, 1.165) is 41.4 Å². The van der Waals surface area contributed by atoms with E-state index in [1.807, 2.05) is 30.5 Å². The first-order chi connectivity index (χ1) is 11.8. The number of allylic oxidation sites excluding steroid dienone is 3. The molecule has 4 heteroatoms. The maximum Gasteiger partial charge on any atom is 0.167 e. The van der Waals surface area contributed by atoms with Crippen molar-refractivity contribution in [2.45, 2.75) is 32.2 Å². The molecule has 0 radical (unpaired) electrons. The Hall–Kier alpha value is -2.35. The third-order valence-corrected chi connectivity index (χ3v) is 4.91. The van der Waals surface area contributed by atoms with E-state index in [2.05, 4.69) is 26.7 Å². The van der Waals surface area contributed by atoms with Crippen molar-refractivity contribution in [3.8, 4) is 0 Å². The molecule has 1 aliphatic carbocycles. The van der Waals surface area contributed by atoms with E-state index in [9.17, 15) is 0 Å². The minimum absolute atomic E-state index is 0.764. The lowest BCUT2D eigenvalue weighted by Gasteiger charge is -2.32. The normalized spacial score (nSPS) is 16.9. The van der Waals surface area contributed by atoms with E-state index in [-0.39, 0.29) is 0 Å². The highest BCUT2D eigenvalue weighted by Crippen LogP contribution is 2.38. The fourth-order valence-corrected chi connectivity index (χ4v) is 3.56. The van der Waals surface area contributed by atoms with Crippen LogP contribution in [0, 0.1) is 0 Å². The minimum Gasteiger partial charge on any atom is -0.340 e. The predicted octanol–water partition coefficient (Wildman–Crippen LogP) is 4.97. The molecule has 1 aromatic heterocycles. The zero-order valence-electron chi connectivity index (χ0n) is 13.4. The van der Waals surface area contributed by atoms with Crippen LogP contribution in [-0.4, -0.2) is 14.9 Å². The molecule has 24 heavy (non-hydrogen) atoms. The molecule has 0 saturated heterocycles. The van der Waals surface area contributed by atoms with E-state index < -0.39 is 0 Å². The van der Waals surface area contributed by atoms with E-state index in [0.29, 0.717) is 0 Å². The molecule has 3 nitrogen and oxygen atoms in total. The van der Waals surface area contributed by atoms with Crippen molar-refractivity contribution >= 4 is 17.2 Å². The first-order valence-corrected chi connectivity index (χ1v) is 8.67. The van der Waals surface area contributed by atoms with Gasteiger partial charge >= 0.3 is 0 Å². The van der Waals surface area contributed by atoms with Crippen molar-refractivity contribution in [2.75, 3.05) is 0 Å². The van der Waals surface area contributed by atoms with Crippen LogP contribution in [0.4, 0.5) is 0 Å². The summed E-state index contributed by atoms with van der Waals surface area (Å²) in [6, 6.07) is 9.87. The Labute approximate surface area is 147 Å². The molecule has 0 atom stereocenters. The summed E-state index contributed by atoms with van der Waals surface area (Å²) in [4.78, 5) is 11.1. The quantitative estimate of drug-likeness (QED) is 0.741. The van der Waals surface area contributed by atoms with Gasteiger partial charge in [0.2, 0.25) is 0 Å². The SMILES string of the molecule is Clc1ccccc1CN1C=C=C(c2ncccn2)C2=C1CCCC2. The highest BCUT2D eigenvalue weighted by atomic mass is 35.5. The average Bonchev–Trinajstić information content (AvgIpc) is 2.64. The molecule has 2 aromatic rings. The van der Waals surface area contributed by atoms with Crippen LogP contribution in [0.2, 0.25) is 5.02 Å². The molecule has 0 saturated carbocycles. The van der Waals surface area contributed by atoms with E-state index in [4.69, 9.17) is 11.6 Å². The number of hydrogen-bond donors (Lipinski definition) is 0. The molecule has 0 amide bonds. The number of halogens is 1. The van der Waals surface area contributed by atoms with Crippen LogP contribution in [0.1, 0.15) is 37.1 Å². The van der Waals surface area contributed by atoms with Crippen molar-refractivity contribution in [3.63, 3.8) is 0 Å². The van der Waals surface area contributed by atoms with Crippen LogP contribution in [0.15, 0.2) is 65.9 Å². The molecule has 0 unspecified atom stereocenters. The van der Waals surface area contributed by atoms with Crippen LogP contribution < -0.4 is 0 Å². The smallest absolute Gasteiger partial charge is 0.167 e. The lowest BCUT2D eigenvalue weighted by molar-refractivity contribution is 0.413. The van der Waals surface area contributed by atoms with Gasteiger partial charge in [0.05, 0.1) is 5.57 Å². The van der Waals surface area contributed by atoms with Gasteiger partial charge < -0.3 is 4.90 Å². The summed E-state index contributed by atoms with van der Waals surface area (Å²) in [5.41, 5.74) is 8.29. The molecule has 2 aliphatic rings. The summed E-state index contributed by atoms with van der Waals surface area (Å²) in [5, 5.41) is 0.810. The zero-order chi connectivity index (χ0) is 16.4. The zero-order valence-corrected chi connectivity index (χ0v) is 14.1. The summed E-state index contributed by atoms with van der Waals surface area (Å²) in [6.45, 7) is 0.772. The second kappa shape index (κ2) is 6.64. The Balaban J connectivity index is 1.73. The van der Waals surface area contributed by atoms with E-state index >= 15 is 0 Å². The van der Waals surface area contributed by atoms with Gasteiger partial charge in [-0.25, -0.2) is 9.97 Å². The maximum atomic E-state index is 6.34. The van der Waals surface area contributed by atoms with Crippen LogP contribution in [0.3, 0.4) is 0 Å². The Bertz CT molecular complexity index is 848. The Morgan fingerprint density at radius 2 is 1.83 bits per heavy atom. The topological polar surface area (TPSA) is 29.0 Å². The van der Waals surface area contributed by atoms with Crippen molar-refractivity contribution in [3.05, 3.63) is 82.3 Å². The van der Waals surface area contributed by atoms with Crippen molar-refractivity contribution < 1.29 is 0 Å². The lowest BCUT2D eigenvalue weighted by Crippen LogP contribution is -2.23. The van der Waals surface area contributed by atoms with Gasteiger partial charge in [-0.3, -0.25) is 0 Å². The number of nitrogens with zero attached hydrogens (tertiary/aromatic N) is 3. The summed E-state index contributed by atoms with van der Waals surface area (Å²) >= 11 is 6.34. The summed E-state index contributed by atoms with van der Waals surface area (Å²) in [5.74, 6) is 0.764.